The smallest absolute Gasteiger partial charge is 0.244 e. The van der Waals surface area contributed by atoms with Crippen LogP contribution in [0.3, 0.4) is 0 Å². The molecule has 0 aliphatic heterocycles. The molecule has 7 nitrogen and oxygen atoms in total. The van der Waals surface area contributed by atoms with E-state index in [0.29, 0.717) is 18.7 Å². The van der Waals surface area contributed by atoms with Gasteiger partial charge in [-0.1, -0.05) is 13.3 Å². The third kappa shape index (κ3) is 4.00. The van der Waals surface area contributed by atoms with Gasteiger partial charge in [-0.05, 0) is 13.3 Å². The highest BCUT2D eigenvalue weighted by molar-refractivity contribution is 7.89. The lowest BCUT2D eigenvalue weighted by atomic mass is 10.2. The van der Waals surface area contributed by atoms with Crippen molar-refractivity contribution in [1.29, 1.82) is 0 Å². The number of aryl methyl sites for hydroxylation is 1. The summed E-state index contributed by atoms with van der Waals surface area (Å²) in [5.74, 6) is 0. The van der Waals surface area contributed by atoms with Crippen molar-refractivity contribution in [2.24, 2.45) is 0 Å². The van der Waals surface area contributed by atoms with Gasteiger partial charge < -0.3 is 9.84 Å². The van der Waals surface area contributed by atoms with Crippen molar-refractivity contribution in [1.82, 2.24) is 14.9 Å². The van der Waals surface area contributed by atoms with Gasteiger partial charge in [-0.25, -0.2) is 13.1 Å². The van der Waals surface area contributed by atoms with E-state index >= 15 is 0 Å². The Balaban J connectivity index is 2.99. The van der Waals surface area contributed by atoms with Crippen molar-refractivity contribution in [3.63, 3.8) is 0 Å². The number of nitrogens with zero attached hydrogens (tertiary/aromatic N) is 1. The van der Waals surface area contributed by atoms with Gasteiger partial charge in [-0.2, -0.15) is 5.10 Å². The summed E-state index contributed by atoms with van der Waals surface area (Å²) in [6.45, 7) is 3.45. The van der Waals surface area contributed by atoms with E-state index in [4.69, 9.17) is 9.84 Å². The van der Waals surface area contributed by atoms with Gasteiger partial charge in [0.25, 0.3) is 0 Å². The number of sulfonamides is 1. The SMILES string of the molecule is CCCC(COC)NS(=O)(=O)c1c(CO)n[nH]c1C. The van der Waals surface area contributed by atoms with Crippen LogP contribution in [0, 0.1) is 6.92 Å². The Labute approximate surface area is 113 Å². The van der Waals surface area contributed by atoms with Gasteiger partial charge >= 0.3 is 0 Å². The average Bonchev–Trinajstić information content (AvgIpc) is 2.71. The van der Waals surface area contributed by atoms with Crippen LogP contribution < -0.4 is 4.72 Å². The van der Waals surface area contributed by atoms with Crippen LogP contribution in [0.15, 0.2) is 4.90 Å². The molecule has 1 heterocycles. The van der Waals surface area contributed by atoms with E-state index < -0.39 is 16.6 Å². The highest BCUT2D eigenvalue weighted by Gasteiger charge is 2.26. The first-order chi connectivity index (χ1) is 8.96. The summed E-state index contributed by atoms with van der Waals surface area (Å²) in [5, 5.41) is 15.5. The molecule has 0 bridgehead atoms. The van der Waals surface area contributed by atoms with Gasteiger partial charge in [0.1, 0.15) is 10.6 Å². The molecular formula is C11H21N3O4S. The fraction of sp³-hybridized carbons (Fsp3) is 0.727. The van der Waals surface area contributed by atoms with Crippen LogP contribution in [0.1, 0.15) is 31.2 Å². The second-order valence-electron chi connectivity index (χ2n) is 4.34. The maximum absolute atomic E-state index is 12.3. The Hall–Kier alpha value is -0.960. The highest BCUT2D eigenvalue weighted by Crippen LogP contribution is 2.18. The van der Waals surface area contributed by atoms with E-state index in [1.165, 1.54) is 7.11 Å². The molecule has 0 radical (unpaired) electrons. The fourth-order valence-electron chi connectivity index (χ4n) is 1.94. The minimum absolute atomic E-state index is 0.0206. The number of nitrogens with one attached hydrogen (secondary N) is 2. The molecule has 1 rings (SSSR count). The topological polar surface area (TPSA) is 104 Å². The van der Waals surface area contributed by atoms with E-state index in [1.54, 1.807) is 6.92 Å². The van der Waals surface area contributed by atoms with Crippen molar-refractivity contribution < 1.29 is 18.3 Å². The average molecular weight is 291 g/mol. The minimum atomic E-state index is -3.72. The number of H-pyrrole nitrogens is 1. The Kier molecular flexibility index (Phi) is 5.92. The summed E-state index contributed by atoms with van der Waals surface area (Å²) in [5.41, 5.74) is 0.530. The molecule has 0 spiro atoms. The molecule has 0 saturated carbocycles. The lowest BCUT2D eigenvalue weighted by Gasteiger charge is -2.17. The number of rotatable bonds is 8. The molecule has 0 aliphatic rings. The number of hydrogen-bond donors (Lipinski definition) is 3. The predicted molar refractivity (Wildman–Crippen MR) is 70.1 cm³/mol. The summed E-state index contributed by atoms with van der Waals surface area (Å²) in [6, 6.07) is -0.291. The second-order valence-corrected chi connectivity index (χ2v) is 6.00. The van der Waals surface area contributed by atoms with Crippen molar-refractivity contribution in [3.8, 4) is 0 Å². The van der Waals surface area contributed by atoms with Gasteiger partial charge in [-0.3, -0.25) is 5.10 Å². The molecule has 1 atom stereocenters. The Bertz CT molecular complexity index is 492. The van der Waals surface area contributed by atoms with Crippen LogP contribution in [0.4, 0.5) is 0 Å². The van der Waals surface area contributed by atoms with E-state index in [0.717, 1.165) is 6.42 Å². The lowest BCUT2D eigenvalue weighted by Crippen LogP contribution is -2.38. The first-order valence-electron chi connectivity index (χ1n) is 6.12. The standard InChI is InChI=1S/C11H21N3O4S/c1-4-5-9(7-18-3)14-19(16,17)11-8(2)12-13-10(11)6-15/h9,14-15H,4-7H2,1-3H3,(H,12,13). The largest absolute Gasteiger partial charge is 0.390 e. The molecule has 110 valence electrons. The fourth-order valence-corrected chi connectivity index (χ4v) is 3.55. The monoisotopic (exact) mass is 291 g/mol. The number of aliphatic hydroxyl groups is 1. The molecule has 3 N–H and O–H groups in total. The number of aromatic nitrogens is 2. The molecule has 1 aromatic rings. The molecule has 19 heavy (non-hydrogen) atoms. The van der Waals surface area contributed by atoms with E-state index in [1.807, 2.05) is 6.92 Å². The van der Waals surface area contributed by atoms with Gasteiger partial charge in [-0.15, -0.1) is 0 Å². The van der Waals surface area contributed by atoms with E-state index in [9.17, 15) is 8.42 Å². The normalized spacial score (nSPS) is 13.7. The number of ether oxygens (including phenoxy) is 1. The van der Waals surface area contributed by atoms with Crippen molar-refractivity contribution in [3.05, 3.63) is 11.4 Å². The van der Waals surface area contributed by atoms with Crippen LogP contribution in [0.25, 0.3) is 0 Å². The van der Waals surface area contributed by atoms with Crippen LogP contribution in [0.5, 0.6) is 0 Å². The van der Waals surface area contributed by atoms with Gasteiger partial charge in [0, 0.05) is 13.2 Å². The van der Waals surface area contributed by atoms with Crippen molar-refractivity contribution in [2.75, 3.05) is 13.7 Å². The molecule has 1 aromatic heterocycles. The molecule has 1 unspecified atom stereocenters. The number of hydrogen-bond acceptors (Lipinski definition) is 5. The number of aliphatic hydroxyl groups excluding tert-OH is 1. The summed E-state index contributed by atoms with van der Waals surface area (Å²) in [6.07, 6.45) is 1.52. The zero-order valence-corrected chi connectivity index (χ0v) is 12.2. The molecule has 0 fully saturated rings. The predicted octanol–water partition coefficient (Wildman–Crippen LogP) is 0.304. The summed E-state index contributed by atoms with van der Waals surface area (Å²) < 4.78 is 32.2. The Morgan fingerprint density at radius 3 is 2.74 bits per heavy atom. The Morgan fingerprint density at radius 1 is 1.53 bits per heavy atom. The van der Waals surface area contributed by atoms with E-state index in [-0.39, 0.29) is 16.6 Å². The molecule has 0 aliphatic carbocycles. The zero-order chi connectivity index (χ0) is 14.5. The third-order valence-electron chi connectivity index (χ3n) is 2.71. The van der Waals surface area contributed by atoms with Gasteiger partial charge in [0.2, 0.25) is 10.0 Å². The van der Waals surface area contributed by atoms with Crippen LogP contribution in [-0.4, -0.2) is 43.5 Å². The summed E-state index contributed by atoms with van der Waals surface area (Å²) in [4.78, 5) is 0.0206. The molecular weight excluding hydrogens is 270 g/mol. The van der Waals surface area contributed by atoms with E-state index in [2.05, 4.69) is 14.9 Å². The quantitative estimate of drug-likeness (QED) is 0.639. The first-order valence-corrected chi connectivity index (χ1v) is 7.60. The Morgan fingerprint density at radius 2 is 2.21 bits per heavy atom. The van der Waals surface area contributed by atoms with Crippen molar-refractivity contribution >= 4 is 10.0 Å². The highest BCUT2D eigenvalue weighted by atomic mass is 32.2. The summed E-state index contributed by atoms with van der Waals surface area (Å²) >= 11 is 0. The summed E-state index contributed by atoms with van der Waals surface area (Å²) in [7, 11) is -2.19. The minimum Gasteiger partial charge on any atom is -0.390 e. The lowest BCUT2D eigenvalue weighted by molar-refractivity contribution is 0.171. The van der Waals surface area contributed by atoms with Crippen molar-refractivity contribution in [2.45, 2.75) is 44.2 Å². The number of aromatic amines is 1. The maximum atomic E-state index is 12.3. The molecule has 0 aromatic carbocycles. The van der Waals surface area contributed by atoms with Gasteiger partial charge in [0.05, 0.1) is 18.9 Å². The first kappa shape index (κ1) is 16.1. The number of methoxy groups -OCH3 is 1. The zero-order valence-electron chi connectivity index (χ0n) is 11.4. The molecule has 0 amide bonds. The second kappa shape index (κ2) is 6.99. The van der Waals surface area contributed by atoms with Crippen LogP contribution >= 0.6 is 0 Å². The molecule has 8 heteroatoms. The van der Waals surface area contributed by atoms with Crippen LogP contribution in [-0.2, 0) is 21.4 Å². The van der Waals surface area contributed by atoms with Gasteiger partial charge in [0.15, 0.2) is 0 Å². The third-order valence-corrected chi connectivity index (χ3v) is 4.43. The van der Waals surface area contributed by atoms with Crippen LogP contribution in [0.2, 0.25) is 0 Å². The maximum Gasteiger partial charge on any atom is 0.244 e. The molecule has 0 saturated heterocycles.